The Morgan fingerprint density at radius 3 is 2.58 bits per heavy atom. The highest BCUT2D eigenvalue weighted by molar-refractivity contribution is 7.89. The minimum Gasteiger partial charge on any atom is -0.472 e. The predicted octanol–water partition coefficient (Wildman–Crippen LogP) is 3.29. The van der Waals surface area contributed by atoms with E-state index >= 15 is 0 Å². The Kier molecular flexibility index (Phi) is 5.82. The van der Waals surface area contributed by atoms with Crippen molar-refractivity contribution in [2.45, 2.75) is 54.8 Å². The average molecular weight is 483 g/mol. The third-order valence-corrected chi connectivity index (χ3v) is 8.35. The number of halogens is 3. The van der Waals surface area contributed by atoms with Gasteiger partial charge in [0, 0.05) is 38.0 Å². The summed E-state index contributed by atoms with van der Waals surface area (Å²) in [7, 11) is -4.05. The average Bonchev–Trinajstić information content (AvgIpc) is 3.59. The van der Waals surface area contributed by atoms with Crippen LogP contribution in [-0.2, 0) is 16.2 Å². The van der Waals surface area contributed by atoms with E-state index in [1.54, 1.807) is 12.4 Å². The number of sulfonamides is 1. The molecule has 33 heavy (non-hydrogen) atoms. The summed E-state index contributed by atoms with van der Waals surface area (Å²) in [4.78, 5) is 10.6. The molecule has 0 spiro atoms. The standard InChI is InChI=1S/C22H25F3N4O3S/c23-22(24,25)16-3-1-4-19(9-16)33(30,31)29-8-2-7-28-14-18(10-17(28)13-29)32-21-12-26-20(11-27-21)15-5-6-15/h1,3-4,9,11-12,15,17-18H,2,5-8,10,13-14H2/t17-,18-/m0/s1. The summed E-state index contributed by atoms with van der Waals surface area (Å²) in [5.41, 5.74) is 0.0151. The third kappa shape index (κ3) is 4.85. The van der Waals surface area contributed by atoms with Crippen LogP contribution in [0, 0.1) is 0 Å². The molecule has 2 aliphatic heterocycles. The lowest BCUT2D eigenvalue weighted by Crippen LogP contribution is -2.39. The Hall–Kier alpha value is -2.24. The number of ether oxygens (including phenoxy) is 1. The SMILES string of the molecule is O=S(=O)(c1cccc(C(F)(F)F)c1)N1CCCN2C[C@@H](Oc3cnc(C4CC4)cn3)C[C@H]2C1. The van der Waals surface area contributed by atoms with Gasteiger partial charge in [-0.25, -0.2) is 13.4 Å². The predicted molar refractivity (Wildman–Crippen MR) is 113 cm³/mol. The van der Waals surface area contributed by atoms with Crippen molar-refractivity contribution in [1.82, 2.24) is 19.2 Å². The number of hydrogen-bond acceptors (Lipinski definition) is 6. The van der Waals surface area contributed by atoms with Crippen LogP contribution in [0.4, 0.5) is 13.2 Å². The zero-order valence-corrected chi connectivity index (χ0v) is 18.7. The molecule has 3 fully saturated rings. The van der Waals surface area contributed by atoms with Crippen LogP contribution in [0.2, 0.25) is 0 Å². The van der Waals surface area contributed by atoms with E-state index in [1.165, 1.54) is 10.4 Å². The van der Waals surface area contributed by atoms with Crippen LogP contribution in [0.1, 0.15) is 42.9 Å². The first-order valence-corrected chi connectivity index (χ1v) is 12.5. The molecular formula is C22H25F3N4O3S. The Morgan fingerprint density at radius 2 is 1.88 bits per heavy atom. The first-order chi connectivity index (χ1) is 15.7. The maximum absolute atomic E-state index is 13.2. The van der Waals surface area contributed by atoms with Gasteiger partial charge in [0.2, 0.25) is 15.9 Å². The first-order valence-electron chi connectivity index (χ1n) is 11.1. The molecule has 2 aromatic rings. The lowest BCUT2D eigenvalue weighted by atomic mass is 10.2. The fourth-order valence-electron chi connectivity index (χ4n) is 4.61. The molecule has 3 aliphatic rings. The van der Waals surface area contributed by atoms with Gasteiger partial charge in [0.1, 0.15) is 6.10 Å². The van der Waals surface area contributed by atoms with Gasteiger partial charge in [0.05, 0.1) is 28.5 Å². The quantitative estimate of drug-likeness (QED) is 0.651. The van der Waals surface area contributed by atoms with Crippen molar-refractivity contribution in [2.75, 3.05) is 26.2 Å². The zero-order chi connectivity index (χ0) is 23.2. The van der Waals surface area contributed by atoms with Crippen molar-refractivity contribution < 1.29 is 26.3 Å². The Morgan fingerprint density at radius 1 is 1.06 bits per heavy atom. The maximum Gasteiger partial charge on any atom is 0.416 e. The topological polar surface area (TPSA) is 75.6 Å². The number of hydrogen-bond donors (Lipinski definition) is 0. The van der Waals surface area contributed by atoms with Gasteiger partial charge < -0.3 is 4.74 Å². The summed E-state index contributed by atoms with van der Waals surface area (Å²) in [6.07, 6.45) is 2.15. The van der Waals surface area contributed by atoms with Crippen LogP contribution in [0.25, 0.3) is 0 Å². The van der Waals surface area contributed by atoms with Crippen molar-refractivity contribution in [3.63, 3.8) is 0 Å². The third-order valence-electron chi connectivity index (χ3n) is 6.49. The number of alkyl halides is 3. The van der Waals surface area contributed by atoms with Crippen LogP contribution in [0.5, 0.6) is 5.88 Å². The van der Waals surface area contributed by atoms with Crippen LogP contribution in [-0.4, -0.2) is 65.9 Å². The molecule has 0 amide bonds. The largest absolute Gasteiger partial charge is 0.472 e. The molecule has 1 aromatic heterocycles. The van der Waals surface area contributed by atoms with Crippen LogP contribution in [0.15, 0.2) is 41.6 Å². The highest BCUT2D eigenvalue weighted by Crippen LogP contribution is 2.39. The molecule has 1 aromatic carbocycles. The molecule has 0 bridgehead atoms. The van der Waals surface area contributed by atoms with Gasteiger partial charge >= 0.3 is 6.18 Å². The first kappa shape index (κ1) is 22.5. The molecule has 0 radical (unpaired) electrons. The van der Waals surface area contributed by atoms with Gasteiger partial charge in [-0.1, -0.05) is 6.07 Å². The molecule has 1 saturated carbocycles. The summed E-state index contributed by atoms with van der Waals surface area (Å²) in [5, 5.41) is 0. The number of benzene rings is 1. The lowest BCUT2D eigenvalue weighted by Gasteiger charge is -2.25. The van der Waals surface area contributed by atoms with Gasteiger partial charge in [0.15, 0.2) is 0 Å². The van der Waals surface area contributed by atoms with Crippen LogP contribution >= 0.6 is 0 Å². The number of nitrogens with zero attached hydrogens (tertiary/aromatic N) is 4. The molecular weight excluding hydrogens is 457 g/mol. The summed E-state index contributed by atoms with van der Waals surface area (Å²) < 4.78 is 72.9. The van der Waals surface area contributed by atoms with Crippen molar-refractivity contribution in [2.24, 2.45) is 0 Å². The smallest absolute Gasteiger partial charge is 0.416 e. The Balaban J connectivity index is 1.27. The Labute approximate surface area is 190 Å². The summed E-state index contributed by atoms with van der Waals surface area (Å²) in [5.74, 6) is 0.969. The van der Waals surface area contributed by atoms with Gasteiger partial charge in [-0.05, 0) is 44.0 Å². The van der Waals surface area contributed by atoms with Gasteiger partial charge in [0.25, 0.3) is 0 Å². The fraction of sp³-hybridized carbons (Fsp3) is 0.545. The van der Waals surface area contributed by atoms with Crippen molar-refractivity contribution in [3.8, 4) is 5.88 Å². The minimum absolute atomic E-state index is 0.0724. The maximum atomic E-state index is 13.2. The number of aromatic nitrogens is 2. The van der Waals surface area contributed by atoms with E-state index in [-0.39, 0.29) is 30.1 Å². The normalized spacial score (nSPS) is 24.9. The monoisotopic (exact) mass is 482 g/mol. The van der Waals surface area contributed by atoms with E-state index in [2.05, 4.69) is 14.9 Å². The second kappa shape index (κ2) is 8.52. The van der Waals surface area contributed by atoms with E-state index in [1.807, 2.05) is 0 Å². The molecule has 0 N–H and O–H groups in total. The fourth-order valence-corrected chi connectivity index (χ4v) is 6.17. The molecule has 7 nitrogen and oxygen atoms in total. The molecule has 2 atom stereocenters. The molecule has 0 unspecified atom stereocenters. The number of rotatable bonds is 5. The molecule has 1 aliphatic carbocycles. The summed E-state index contributed by atoms with van der Waals surface area (Å²) in [6, 6.07) is 3.87. The van der Waals surface area contributed by atoms with Gasteiger partial charge in [-0.15, -0.1) is 0 Å². The van der Waals surface area contributed by atoms with Gasteiger partial charge in [-0.3, -0.25) is 9.88 Å². The van der Waals surface area contributed by atoms with E-state index in [0.29, 0.717) is 43.8 Å². The van der Waals surface area contributed by atoms with Crippen molar-refractivity contribution in [3.05, 3.63) is 47.9 Å². The summed E-state index contributed by atoms with van der Waals surface area (Å²) >= 11 is 0. The van der Waals surface area contributed by atoms with Crippen molar-refractivity contribution in [1.29, 1.82) is 0 Å². The van der Waals surface area contributed by atoms with E-state index in [4.69, 9.17) is 4.74 Å². The highest BCUT2D eigenvalue weighted by atomic mass is 32.2. The highest BCUT2D eigenvalue weighted by Gasteiger charge is 2.40. The molecule has 11 heteroatoms. The van der Waals surface area contributed by atoms with Crippen molar-refractivity contribution >= 4 is 10.0 Å². The molecule has 3 heterocycles. The number of fused-ring (bicyclic) bond motifs is 1. The second-order valence-electron chi connectivity index (χ2n) is 8.92. The molecule has 5 rings (SSSR count). The van der Waals surface area contributed by atoms with Crippen LogP contribution < -0.4 is 4.74 Å². The van der Waals surface area contributed by atoms with Crippen LogP contribution in [0.3, 0.4) is 0 Å². The van der Waals surface area contributed by atoms with Gasteiger partial charge in [-0.2, -0.15) is 17.5 Å². The lowest BCUT2D eigenvalue weighted by molar-refractivity contribution is -0.137. The summed E-state index contributed by atoms with van der Waals surface area (Å²) in [6.45, 7) is 1.83. The minimum atomic E-state index is -4.60. The second-order valence-corrected chi connectivity index (χ2v) is 10.9. The van der Waals surface area contributed by atoms with E-state index < -0.39 is 21.8 Å². The Bertz CT molecular complexity index is 1110. The molecule has 178 valence electrons. The molecule has 2 saturated heterocycles. The zero-order valence-electron chi connectivity index (χ0n) is 17.9. The van der Waals surface area contributed by atoms with E-state index in [9.17, 15) is 21.6 Å². The van der Waals surface area contributed by atoms with E-state index in [0.717, 1.165) is 30.7 Å².